The number of benzene rings is 1. The van der Waals surface area contributed by atoms with Gasteiger partial charge in [0.25, 0.3) is 0 Å². The minimum atomic E-state index is -0.0889. The summed E-state index contributed by atoms with van der Waals surface area (Å²) in [4.78, 5) is 11.3. The van der Waals surface area contributed by atoms with Gasteiger partial charge in [0.05, 0.1) is 18.8 Å². The third-order valence-corrected chi connectivity index (χ3v) is 2.31. The topological polar surface area (TPSA) is 51.5 Å². The summed E-state index contributed by atoms with van der Waals surface area (Å²) in [5.41, 5.74) is 0.733. The number of phenols is 1. The number of hydrogen-bond donors (Lipinski definition) is 1. The summed E-state index contributed by atoms with van der Waals surface area (Å²) in [5, 5.41) is 10.1. The van der Waals surface area contributed by atoms with Crippen LogP contribution in [0.15, 0.2) is 24.4 Å². The molecule has 0 bridgehead atoms. The predicted molar refractivity (Wildman–Crippen MR) is 56.5 cm³/mol. The van der Waals surface area contributed by atoms with Crippen molar-refractivity contribution in [2.24, 2.45) is 0 Å². The van der Waals surface area contributed by atoms with E-state index in [9.17, 15) is 9.90 Å². The number of carbonyl (C=O) groups is 1. The van der Waals surface area contributed by atoms with Crippen LogP contribution in [0.25, 0.3) is 10.9 Å². The second-order valence-corrected chi connectivity index (χ2v) is 3.29. The molecule has 1 aromatic heterocycles. The lowest BCUT2D eigenvalue weighted by atomic mass is 10.2. The van der Waals surface area contributed by atoms with Gasteiger partial charge >= 0.3 is 0 Å². The summed E-state index contributed by atoms with van der Waals surface area (Å²) in [6.45, 7) is 1.48. The van der Waals surface area contributed by atoms with E-state index in [1.165, 1.54) is 18.6 Å². The molecule has 0 aliphatic carbocycles. The molecule has 15 heavy (non-hydrogen) atoms. The Bertz CT molecular complexity index is 528. The minimum absolute atomic E-state index is 0.0889. The highest BCUT2D eigenvalue weighted by atomic mass is 16.5. The normalized spacial score (nSPS) is 10.5. The fraction of sp³-hybridized carbons (Fsp3) is 0.182. The summed E-state index contributed by atoms with van der Waals surface area (Å²) in [5.74, 6) is 0.646. The van der Waals surface area contributed by atoms with Gasteiger partial charge in [-0.3, -0.25) is 9.36 Å². The maximum atomic E-state index is 11.3. The molecular weight excluding hydrogens is 194 g/mol. The summed E-state index contributed by atoms with van der Waals surface area (Å²) in [6.07, 6.45) is 1.62. The molecule has 0 radical (unpaired) electrons. The Morgan fingerprint density at radius 1 is 1.47 bits per heavy atom. The van der Waals surface area contributed by atoms with Crippen molar-refractivity contribution in [3.8, 4) is 11.5 Å². The fourth-order valence-electron chi connectivity index (χ4n) is 1.61. The molecule has 0 saturated carbocycles. The SMILES string of the molecule is COc1cn(C(C)=O)c2ccc(O)cc12. The molecule has 0 spiro atoms. The van der Waals surface area contributed by atoms with E-state index in [1.54, 1.807) is 24.4 Å². The molecule has 0 unspecified atom stereocenters. The Hall–Kier alpha value is -1.97. The Balaban J connectivity index is 2.81. The molecular formula is C11H11NO3. The van der Waals surface area contributed by atoms with Gasteiger partial charge in [0, 0.05) is 12.3 Å². The van der Waals surface area contributed by atoms with Crippen LogP contribution in [0.2, 0.25) is 0 Å². The van der Waals surface area contributed by atoms with E-state index in [0.29, 0.717) is 5.75 Å². The predicted octanol–water partition coefficient (Wildman–Crippen LogP) is 2.02. The first kappa shape index (κ1) is 9.58. The molecule has 2 aromatic rings. The highest BCUT2D eigenvalue weighted by Crippen LogP contribution is 2.30. The largest absolute Gasteiger partial charge is 0.508 e. The monoisotopic (exact) mass is 205 g/mol. The first-order valence-electron chi connectivity index (χ1n) is 4.52. The van der Waals surface area contributed by atoms with Gasteiger partial charge in [-0.15, -0.1) is 0 Å². The van der Waals surface area contributed by atoms with Crippen LogP contribution in [0.1, 0.15) is 11.7 Å². The van der Waals surface area contributed by atoms with Gasteiger partial charge in [0.15, 0.2) is 0 Å². The summed E-state index contributed by atoms with van der Waals surface area (Å²) in [6, 6.07) is 4.81. The van der Waals surface area contributed by atoms with Crippen LogP contribution in [0.4, 0.5) is 0 Å². The molecule has 1 heterocycles. The Labute approximate surface area is 86.7 Å². The van der Waals surface area contributed by atoms with Gasteiger partial charge in [-0.1, -0.05) is 0 Å². The second kappa shape index (κ2) is 3.31. The maximum Gasteiger partial charge on any atom is 0.228 e. The standard InChI is InChI=1S/C11H11NO3/c1-7(13)12-6-11(15-2)9-5-8(14)3-4-10(9)12/h3-6,14H,1-2H3. The van der Waals surface area contributed by atoms with E-state index in [4.69, 9.17) is 4.74 Å². The fourth-order valence-corrected chi connectivity index (χ4v) is 1.61. The lowest BCUT2D eigenvalue weighted by Gasteiger charge is -1.98. The Morgan fingerprint density at radius 3 is 2.80 bits per heavy atom. The first-order chi connectivity index (χ1) is 7.13. The lowest BCUT2D eigenvalue weighted by molar-refractivity contribution is 0.0941. The van der Waals surface area contributed by atoms with Crippen molar-refractivity contribution >= 4 is 16.8 Å². The molecule has 78 valence electrons. The molecule has 0 amide bonds. The molecule has 0 aliphatic rings. The van der Waals surface area contributed by atoms with E-state index < -0.39 is 0 Å². The molecule has 1 N–H and O–H groups in total. The van der Waals surface area contributed by atoms with Crippen molar-refractivity contribution in [3.05, 3.63) is 24.4 Å². The number of hydrogen-bond acceptors (Lipinski definition) is 3. The van der Waals surface area contributed by atoms with Crippen molar-refractivity contribution in [3.63, 3.8) is 0 Å². The highest BCUT2D eigenvalue weighted by molar-refractivity contribution is 5.96. The van der Waals surface area contributed by atoms with Gasteiger partial charge in [-0.2, -0.15) is 0 Å². The Kier molecular flexibility index (Phi) is 2.11. The van der Waals surface area contributed by atoms with Gasteiger partial charge in [0.1, 0.15) is 11.5 Å². The highest BCUT2D eigenvalue weighted by Gasteiger charge is 2.11. The van der Waals surface area contributed by atoms with Crippen molar-refractivity contribution in [2.75, 3.05) is 7.11 Å². The Morgan fingerprint density at radius 2 is 2.20 bits per heavy atom. The van der Waals surface area contributed by atoms with Gasteiger partial charge in [-0.25, -0.2) is 0 Å². The van der Waals surface area contributed by atoms with Crippen LogP contribution < -0.4 is 4.74 Å². The number of rotatable bonds is 1. The molecule has 4 heteroatoms. The number of ether oxygens (including phenoxy) is 1. The van der Waals surface area contributed by atoms with Crippen LogP contribution in [0, 0.1) is 0 Å². The number of methoxy groups -OCH3 is 1. The van der Waals surface area contributed by atoms with Gasteiger partial charge in [-0.05, 0) is 18.2 Å². The molecule has 0 aliphatic heterocycles. The second-order valence-electron chi connectivity index (χ2n) is 3.29. The zero-order valence-electron chi connectivity index (χ0n) is 8.52. The summed E-state index contributed by atoms with van der Waals surface area (Å²) in [7, 11) is 1.53. The number of carbonyl (C=O) groups excluding carboxylic acids is 1. The zero-order chi connectivity index (χ0) is 11.0. The third kappa shape index (κ3) is 1.44. The molecule has 0 fully saturated rings. The van der Waals surface area contributed by atoms with Crippen molar-refractivity contribution in [1.29, 1.82) is 0 Å². The quantitative estimate of drug-likeness (QED) is 0.774. The van der Waals surface area contributed by atoms with E-state index in [2.05, 4.69) is 0 Å². The summed E-state index contributed by atoms with van der Waals surface area (Å²) < 4.78 is 6.62. The van der Waals surface area contributed by atoms with E-state index in [-0.39, 0.29) is 11.7 Å². The van der Waals surface area contributed by atoms with Crippen LogP contribution >= 0.6 is 0 Å². The van der Waals surface area contributed by atoms with Crippen molar-refractivity contribution in [1.82, 2.24) is 4.57 Å². The number of fused-ring (bicyclic) bond motifs is 1. The number of aromatic hydroxyl groups is 1. The zero-order valence-corrected chi connectivity index (χ0v) is 8.52. The van der Waals surface area contributed by atoms with E-state index in [1.807, 2.05) is 0 Å². The average molecular weight is 205 g/mol. The van der Waals surface area contributed by atoms with Crippen LogP contribution in [0.5, 0.6) is 11.5 Å². The van der Waals surface area contributed by atoms with Gasteiger partial charge < -0.3 is 9.84 Å². The molecule has 1 aromatic carbocycles. The lowest BCUT2D eigenvalue weighted by Crippen LogP contribution is -2.02. The first-order valence-corrected chi connectivity index (χ1v) is 4.52. The molecule has 4 nitrogen and oxygen atoms in total. The van der Waals surface area contributed by atoms with Gasteiger partial charge in [0.2, 0.25) is 5.91 Å². The molecule has 2 rings (SSSR count). The maximum absolute atomic E-state index is 11.3. The number of nitrogens with zero attached hydrogens (tertiary/aromatic N) is 1. The van der Waals surface area contributed by atoms with Crippen molar-refractivity contribution in [2.45, 2.75) is 6.92 Å². The summed E-state index contributed by atoms with van der Waals surface area (Å²) >= 11 is 0. The average Bonchev–Trinajstić information content (AvgIpc) is 2.55. The van der Waals surface area contributed by atoms with E-state index in [0.717, 1.165) is 10.9 Å². The smallest absolute Gasteiger partial charge is 0.228 e. The molecule has 0 saturated heterocycles. The number of phenolic OH excluding ortho intramolecular Hbond substituents is 1. The number of aromatic nitrogens is 1. The van der Waals surface area contributed by atoms with E-state index >= 15 is 0 Å². The van der Waals surface area contributed by atoms with Crippen molar-refractivity contribution < 1.29 is 14.6 Å². The van der Waals surface area contributed by atoms with Crippen LogP contribution in [-0.2, 0) is 0 Å². The molecule has 0 atom stereocenters. The minimum Gasteiger partial charge on any atom is -0.508 e. The van der Waals surface area contributed by atoms with Crippen LogP contribution in [0.3, 0.4) is 0 Å². The van der Waals surface area contributed by atoms with Crippen LogP contribution in [-0.4, -0.2) is 22.7 Å². The third-order valence-electron chi connectivity index (χ3n) is 2.31.